The van der Waals surface area contributed by atoms with Crippen LogP contribution in [0.3, 0.4) is 0 Å². The first-order valence-electron chi connectivity index (χ1n) is 6.86. The molecule has 0 amide bonds. The van der Waals surface area contributed by atoms with Gasteiger partial charge in [0.1, 0.15) is 18.1 Å². The molecule has 1 heterocycles. The van der Waals surface area contributed by atoms with Crippen molar-refractivity contribution in [3.8, 4) is 17.1 Å². The summed E-state index contributed by atoms with van der Waals surface area (Å²) in [6, 6.07) is 11.4. The van der Waals surface area contributed by atoms with E-state index in [1.54, 1.807) is 36.4 Å². The Labute approximate surface area is 141 Å². The third-order valence-corrected chi connectivity index (χ3v) is 3.86. The van der Waals surface area contributed by atoms with Gasteiger partial charge in [0.2, 0.25) is 0 Å². The number of halogens is 2. The Hall–Kier alpha value is -2.01. The minimum atomic E-state index is -0.180. The van der Waals surface area contributed by atoms with Crippen LogP contribution in [0.5, 0.6) is 5.75 Å². The van der Waals surface area contributed by atoms with Crippen LogP contribution in [0.2, 0.25) is 10.0 Å². The molecule has 3 aromatic rings. The Morgan fingerprint density at radius 1 is 1.09 bits per heavy atom. The SMILES string of the molecule is O=c1cc(-c2ccc(OCCO)c(Cl)c2)oc2c(Cl)cccc12. The maximum Gasteiger partial charge on any atom is 0.193 e. The predicted molar refractivity (Wildman–Crippen MR) is 90.5 cm³/mol. The van der Waals surface area contributed by atoms with Gasteiger partial charge in [0.05, 0.1) is 22.0 Å². The molecule has 6 heteroatoms. The van der Waals surface area contributed by atoms with Crippen molar-refractivity contribution in [1.29, 1.82) is 0 Å². The molecule has 0 radical (unpaired) electrons. The van der Waals surface area contributed by atoms with Gasteiger partial charge in [-0.25, -0.2) is 0 Å². The maximum atomic E-state index is 12.2. The smallest absolute Gasteiger partial charge is 0.193 e. The Balaban J connectivity index is 2.08. The van der Waals surface area contributed by atoms with Crippen LogP contribution in [-0.4, -0.2) is 18.3 Å². The minimum Gasteiger partial charge on any atom is -0.490 e. The topological polar surface area (TPSA) is 59.7 Å². The van der Waals surface area contributed by atoms with Crippen LogP contribution in [0.15, 0.2) is 51.7 Å². The molecule has 2 aromatic carbocycles. The monoisotopic (exact) mass is 350 g/mol. The molecule has 0 aliphatic rings. The highest BCUT2D eigenvalue weighted by Gasteiger charge is 2.11. The van der Waals surface area contributed by atoms with Crippen LogP contribution in [0.1, 0.15) is 0 Å². The van der Waals surface area contributed by atoms with E-state index in [0.29, 0.717) is 38.1 Å². The van der Waals surface area contributed by atoms with Crippen LogP contribution >= 0.6 is 23.2 Å². The van der Waals surface area contributed by atoms with Gasteiger partial charge in [-0.2, -0.15) is 0 Å². The number of fused-ring (bicyclic) bond motifs is 1. The van der Waals surface area contributed by atoms with Crippen molar-refractivity contribution in [1.82, 2.24) is 0 Å². The van der Waals surface area contributed by atoms with E-state index in [4.69, 9.17) is 37.5 Å². The average molecular weight is 351 g/mol. The van der Waals surface area contributed by atoms with Gasteiger partial charge < -0.3 is 14.3 Å². The second-order valence-corrected chi connectivity index (χ2v) is 5.62. The number of ether oxygens (including phenoxy) is 1. The summed E-state index contributed by atoms with van der Waals surface area (Å²) in [7, 11) is 0. The lowest BCUT2D eigenvalue weighted by molar-refractivity contribution is 0.201. The molecule has 1 aromatic heterocycles. The molecular formula is C17H12Cl2O4. The van der Waals surface area contributed by atoms with Crippen LogP contribution in [0, 0.1) is 0 Å². The fourth-order valence-corrected chi connectivity index (χ4v) is 2.66. The molecule has 0 bridgehead atoms. The molecule has 0 saturated heterocycles. The average Bonchev–Trinajstić information content (AvgIpc) is 2.54. The molecule has 0 aliphatic heterocycles. The first-order valence-corrected chi connectivity index (χ1v) is 7.61. The predicted octanol–water partition coefficient (Wildman–Crippen LogP) is 4.14. The van der Waals surface area contributed by atoms with Crippen molar-refractivity contribution in [2.45, 2.75) is 0 Å². The lowest BCUT2D eigenvalue weighted by atomic mass is 10.1. The van der Waals surface area contributed by atoms with Crippen LogP contribution in [0.4, 0.5) is 0 Å². The van der Waals surface area contributed by atoms with Crippen molar-refractivity contribution in [3.05, 3.63) is 62.7 Å². The number of aliphatic hydroxyl groups is 1. The lowest BCUT2D eigenvalue weighted by Crippen LogP contribution is -2.02. The van der Waals surface area contributed by atoms with E-state index in [1.165, 1.54) is 6.07 Å². The summed E-state index contributed by atoms with van der Waals surface area (Å²) in [4.78, 5) is 12.2. The number of para-hydroxylation sites is 1. The van der Waals surface area contributed by atoms with Gasteiger partial charge in [0, 0.05) is 11.6 Å². The van der Waals surface area contributed by atoms with Gasteiger partial charge in [0.15, 0.2) is 11.0 Å². The summed E-state index contributed by atoms with van der Waals surface area (Å²) in [5.74, 6) is 0.817. The second-order valence-electron chi connectivity index (χ2n) is 4.81. The zero-order valence-electron chi connectivity index (χ0n) is 11.9. The van der Waals surface area contributed by atoms with Gasteiger partial charge in [-0.05, 0) is 30.3 Å². The highest BCUT2D eigenvalue weighted by atomic mass is 35.5. The fraction of sp³-hybridized carbons (Fsp3) is 0.118. The number of hydrogen-bond acceptors (Lipinski definition) is 4. The number of benzene rings is 2. The zero-order valence-corrected chi connectivity index (χ0v) is 13.4. The van der Waals surface area contributed by atoms with Crippen molar-refractivity contribution in [2.75, 3.05) is 13.2 Å². The van der Waals surface area contributed by atoms with E-state index in [1.807, 2.05) is 0 Å². The number of hydrogen-bond donors (Lipinski definition) is 1. The normalized spacial score (nSPS) is 10.9. The molecular weight excluding hydrogens is 339 g/mol. The molecule has 23 heavy (non-hydrogen) atoms. The molecule has 4 nitrogen and oxygen atoms in total. The summed E-state index contributed by atoms with van der Waals surface area (Å²) in [5, 5.41) is 9.93. The van der Waals surface area contributed by atoms with Crippen molar-refractivity contribution in [2.24, 2.45) is 0 Å². The van der Waals surface area contributed by atoms with E-state index in [0.717, 1.165) is 0 Å². The highest BCUT2D eigenvalue weighted by Crippen LogP contribution is 2.32. The first-order chi connectivity index (χ1) is 11.1. The van der Waals surface area contributed by atoms with Gasteiger partial charge in [0.25, 0.3) is 0 Å². The Kier molecular flexibility index (Phi) is 4.57. The van der Waals surface area contributed by atoms with Gasteiger partial charge in [-0.15, -0.1) is 0 Å². The Morgan fingerprint density at radius 3 is 2.65 bits per heavy atom. The molecule has 0 aliphatic carbocycles. The third-order valence-electron chi connectivity index (χ3n) is 3.27. The van der Waals surface area contributed by atoms with Gasteiger partial charge in [-0.3, -0.25) is 4.79 Å². The molecule has 118 valence electrons. The quantitative estimate of drug-likeness (QED) is 0.768. The van der Waals surface area contributed by atoms with Gasteiger partial charge in [-0.1, -0.05) is 29.3 Å². The third kappa shape index (κ3) is 3.20. The van der Waals surface area contributed by atoms with Crippen molar-refractivity contribution < 1.29 is 14.3 Å². The lowest BCUT2D eigenvalue weighted by Gasteiger charge is -2.09. The van der Waals surface area contributed by atoms with E-state index >= 15 is 0 Å². The Bertz CT molecular complexity index is 918. The molecule has 0 fully saturated rings. The Morgan fingerprint density at radius 2 is 1.91 bits per heavy atom. The molecule has 3 rings (SSSR count). The fourth-order valence-electron chi connectivity index (χ4n) is 2.21. The largest absolute Gasteiger partial charge is 0.490 e. The molecule has 0 unspecified atom stereocenters. The van der Waals surface area contributed by atoms with Crippen LogP contribution < -0.4 is 10.2 Å². The zero-order chi connectivity index (χ0) is 16.4. The summed E-state index contributed by atoms with van der Waals surface area (Å²) in [6.45, 7) is 0.0514. The number of rotatable bonds is 4. The molecule has 0 saturated carbocycles. The molecule has 1 N–H and O–H groups in total. The van der Waals surface area contributed by atoms with Crippen molar-refractivity contribution in [3.63, 3.8) is 0 Å². The summed E-state index contributed by atoms with van der Waals surface area (Å²) in [5.41, 5.74) is 0.791. The van der Waals surface area contributed by atoms with E-state index in [9.17, 15) is 4.79 Å². The minimum absolute atomic E-state index is 0.101. The standard InChI is InChI=1S/C17H12Cl2O4/c18-12-3-1-2-11-14(21)9-16(23-17(11)12)10-4-5-15(13(19)8-10)22-7-6-20/h1-5,8-9,20H,6-7H2. The van der Waals surface area contributed by atoms with E-state index in [-0.39, 0.29) is 18.6 Å². The van der Waals surface area contributed by atoms with E-state index in [2.05, 4.69) is 0 Å². The number of aliphatic hydroxyl groups excluding tert-OH is 1. The summed E-state index contributed by atoms with van der Waals surface area (Å²) >= 11 is 12.3. The van der Waals surface area contributed by atoms with Crippen molar-refractivity contribution >= 4 is 34.2 Å². The van der Waals surface area contributed by atoms with E-state index < -0.39 is 0 Å². The van der Waals surface area contributed by atoms with Crippen LogP contribution in [-0.2, 0) is 0 Å². The highest BCUT2D eigenvalue weighted by molar-refractivity contribution is 6.34. The maximum absolute atomic E-state index is 12.2. The summed E-state index contributed by atoms with van der Waals surface area (Å²) in [6.07, 6.45) is 0. The second kappa shape index (κ2) is 6.62. The summed E-state index contributed by atoms with van der Waals surface area (Å²) < 4.78 is 11.1. The molecule has 0 spiro atoms. The van der Waals surface area contributed by atoms with Crippen LogP contribution in [0.25, 0.3) is 22.3 Å². The first kappa shape index (κ1) is 15.9. The van der Waals surface area contributed by atoms with Gasteiger partial charge >= 0.3 is 0 Å². The molecule has 0 atom stereocenters.